The monoisotopic (exact) mass is 456 g/mol. The Hall–Kier alpha value is -2.98. The van der Waals surface area contributed by atoms with Gasteiger partial charge in [-0.1, -0.05) is 0 Å². The number of carbonyl (C=O) groups is 2. The molecule has 178 valence electrons. The van der Waals surface area contributed by atoms with Crippen LogP contribution in [0.3, 0.4) is 0 Å². The molecule has 3 atom stereocenters. The molecule has 2 aromatic rings. The van der Waals surface area contributed by atoms with E-state index >= 15 is 0 Å². The molecule has 3 heterocycles. The quantitative estimate of drug-likeness (QED) is 0.555. The van der Waals surface area contributed by atoms with E-state index < -0.39 is 6.04 Å². The van der Waals surface area contributed by atoms with Gasteiger partial charge >= 0.3 is 0 Å². The zero-order valence-corrected chi connectivity index (χ0v) is 19.4. The maximum absolute atomic E-state index is 13.1. The van der Waals surface area contributed by atoms with Crippen molar-refractivity contribution in [3.8, 4) is 5.75 Å². The maximum atomic E-state index is 13.1. The second-order valence-electron chi connectivity index (χ2n) is 8.58. The zero-order valence-electron chi connectivity index (χ0n) is 19.4. The smallest absolute Gasteiger partial charge is 0.253 e. The highest BCUT2D eigenvalue weighted by Crippen LogP contribution is 2.36. The van der Waals surface area contributed by atoms with E-state index in [0.29, 0.717) is 56.1 Å². The summed E-state index contributed by atoms with van der Waals surface area (Å²) < 4.78 is 12.1. The number of likely N-dealkylation sites (tertiary alicyclic amines) is 2. The summed E-state index contributed by atoms with van der Waals surface area (Å²) >= 11 is 0. The zero-order chi connectivity index (χ0) is 23.4. The Balaban J connectivity index is 1.40. The third kappa shape index (κ3) is 5.17. The highest BCUT2D eigenvalue weighted by molar-refractivity contribution is 5.94. The van der Waals surface area contributed by atoms with Crippen molar-refractivity contribution in [2.75, 3.05) is 53.0 Å². The van der Waals surface area contributed by atoms with Gasteiger partial charge in [0.25, 0.3) is 5.91 Å². The van der Waals surface area contributed by atoms with Crippen LogP contribution in [-0.2, 0) is 16.6 Å². The van der Waals surface area contributed by atoms with E-state index in [-0.39, 0.29) is 11.8 Å². The Bertz CT molecular complexity index is 948. The number of methoxy groups -OCH3 is 1. The first kappa shape index (κ1) is 23.2. The minimum atomic E-state index is -0.552. The highest BCUT2D eigenvalue weighted by Gasteiger charge is 2.46. The summed E-state index contributed by atoms with van der Waals surface area (Å²) in [5.74, 6) is 1.78. The highest BCUT2D eigenvalue weighted by atomic mass is 16.5. The van der Waals surface area contributed by atoms with Crippen LogP contribution >= 0.6 is 0 Å². The number of aromatic nitrogens is 3. The lowest BCUT2D eigenvalue weighted by Crippen LogP contribution is -2.43. The number of benzene rings is 1. The van der Waals surface area contributed by atoms with Gasteiger partial charge in [0.05, 0.1) is 13.7 Å². The summed E-state index contributed by atoms with van der Waals surface area (Å²) in [6.07, 6.45) is 1.61. The Morgan fingerprint density at radius 2 is 1.85 bits per heavy atom. The van der Waals surface area contributed by atoms with Gasteiger partial charge in [-0.2, -0.15) is 5.10 Å². The largest absolute Gasteiger partial charge is 0.497 e. The van der Waals surface area contributed by atoms with Gasteiger partial charge in [-0.3, -0.25) is 19.2 Å². The van der Waals surface area contributed by atoms with E-state index in [4.69, 9.17) is 9.47 Å². The van der Waals surface area contributed by atoms with E-state index in [1.165, 1.54) is 0 Å². The van der Waals surface area contributed by atoms with E-state index in [1.54, 1.807) is 49.4 Å². The molecule has 2 fully saturated rings. The molecule has 0 radical (unpaired) electrons. The summed E-state index contributed by atoms with van der Waals surface area (Å²) in [6.45, 7) is 6.26. The van der Waals surface area contributed by atoms with Crippen LogP contribution in [-0.4, -0.2) is 89.4 Å². The van der Waals surface area contributed by atoms with Gasteiger partial charge in [-0.15, -0.1) is 0 Å². The van der Waals surface area contributed by atoms with E-state index in [1.807, 2.05) is 11.8 Å². The second kappa shape index (κ2) is 10.3. The fourth-order valence-electron chi connectivity index (χ4n) is 4.74. The molecule has 2 aliphatic heterocycles. The maximum Gasteiger partial charge on any atom is 0.253 e. The molecule has 1 N–H and O–H groups in total. The molecule has 4 rings (SSSR count). The van der Waals surface area contributed by atoms with Gasteiger partial charge in [0.2, 0.25) is 5.91 Å². The molecule has 1 aromatic heterocycles. The molecule has 0 saturated carbocycles. The fraction of sp³-hybridized carbons (Fsp3) is 0.565. The van der Waals surface area contributed by atoms with Crippen molar-refractivity contribution < 1.29 is 19.1 Å². The molecule has 2 amide bonds. The summed E-state index contributed by atoms with van der Waals surface area (Å²) in [5, 5.41) is 7.37. The average molecular weight is 457 g/mol. The molecule has 2 saturated heterocycles. The summed E-state index contributed by atoms with van der Waals surface area (Å²) in [5.41, 5.74) is 0.664. The van der Waals surface area contributed by atoms with Gasteiger partial charge in [0, 0.05) is 51.9 Å². The Morgan fingerprint density at radius 1 is 1.15 bits per heavy atom. The van der Waals surface area contributed by atoms with Crippen LogP contribution in [0.1, 0.15) is 29.1 Å². The van der Waals surface area contributed by atoms with Crippen molar-refractivity contribution in [1.82, 2.24) is 29.9 Å². The molecular weight excluding hydrogens is 424 g/mol. The lowest BCUT2D eigenvalue weighted by atomic mass is 10.0. The minimum absolute atomic E-state index is 0.0372. The van der Waals surface area contributed by atoms with E-state index in [0.717, 1.165) is 18.8 Å². The number of nitrogens with zero attached hydrogens (tertiary/aromatic N) is 5. The van der Waals surface area contributed by atoms with Crippen molar-refractivity contribution in [1.29, 1.82) is 0 Å². The van der Waals surface area contributed by atoms with Crippen LogP contribution in [0.25, 0.3) is 0 Å². The average Bonchev–Trinajstić information content (AvgIpc) is 3.52. The molecular formula is C23H32N6O4. The van der Waals surface area contributed by atoms with Crippen LogP contribution < -0.4 is 10.1 Å². The minimum Gasteiger partial charge on any atom is -0.497 e. The summed E-state index contributed by atoms with van der Waals surface area (Å²) in [7, 11) is 3.40. The van der Waals surface area contributed by atoms with Crippen molar-refractivity contribution in [3.05, 3.63) is 42.0 Å². The van der Waals surface area contributed by atoms with Crippen LogP contribution in [0.15, 0.2) is 30.6 Å². The Morgan fingerprint density at radius 3 is 2.42 bits per heavy atom. The van der Waals surface area contributed by atoms with Crippen LogP contribution in [0.5, 0.6) is 5.75 Å². The topological polar surface area (TPSA) is 102 Å². The van der Waals surface area contributed by atoms with Crippen molar-refractivity contribution in [3.63, 3.8) is 0 Å². The van der Waals surface area contributed by atoms with Crippen LogP contribution in [0, 0.1) is 11.8 Å². The number of amides is 2. The number of fused-ring (bicyclic) bond motifs is 1. The molecule has 3 unspecified atom stereocenters. The van der Waals surface area contributed by atoms with Gasteiger partial charge in [-0.05, 0) is 43.0 Å². The predicted molar refractivity (Wildman–Crippen MR) is 121 cm³/mol. The summed E-state index contributed by atoms with van der Waals surface area (Å²) in [6, 6.07) is 6.67. The van der Waals surface area contributed by atoms with Crippen LogP contribution in [0.2, 0.25) is 0 Å². The standard InChI is InChI=1S/C23H32N6O4/c1-4-33-10-9-24-22(30)20(21-25-15-27(2)26-21)28-11-17-13-29(14-18(17)12-28)23(31)16-5-7-19(32-3)8-6-16/h5-8,15,17-18,20H,4,9-14H2,1-3H3,(H,24,30). The van der Waals surface area contributed by atoms with Crippen molar-refractivity contribution in [2.24, 2.45) is 18.9 Å². The number of nitrogens with one attached hydrogen (secondary N) is 1. The van der Waals surface area contributed by atoms with Gasteiger partial charge in [0.15, 0.2) is 11.9 Å². The third-order valence-electron chi connectivity index (χ3n) is 6.36. The fourth-order valence-corrected chi connectivity index (χ4v) is 4.74. The molecule has 2 aliphatic rings. The summed E-state index contributed by atoms with van der Waals surface area (Å²) in [4.78, 5) is 34.5. The van der Waals surface area contributed by atoms with Crippen molar-refractivity contribution in [2.45, 2.75) is 13.0 Å². The first-order valence-electron chi connectivity index (χ1n) is 11.4. The van der Waals surface area contributed by atoms with Gasteiger partial charge in [0.1, 0.15) is 12.1 Å². The SMILES string of the molecule is CCOCCNC(=O)C(c1ncn(C)n1)N1CC2CN(C(=O)c3ccc(OC)cc3)CC2C1. The lowest BCUT2D eigenvalue weighted by molar-refractivity contribution is -0.127. The number of hydrogen-bond donors (Lipinski definition) is 1. The Labute approximate surface area is 193 Å². The van der Waals surface area contributed by atoms with Crippen LogP contribution in [0.4, 0.5) is 0 Å². The molecule has 1 aromatic carbocycles. The first-order valence-corrected chi connectivity index (χ1v) is 11.4. The lowest BCUT2D eigenvalue weighted by Gasteiger charge is -2.27. The number of ether oxygens (including phenoxy) is 2. The van der Waals surface area contributed by atoms with Crippen molar-refractivity contribution >= 4 is 11.8 Å². The van der Waals surface area contributed by atoms with E-state index in [9.17, 15) is 9.59 Å². The number of hydrogen-bond acceptors (Lipinski definition) is 7. The number of carbonyl (C=O) groups excluding carboxylic acids is 2. The molecule has 10 heteroatoms. The number of aryl methyl sites for hydroxylation is 1. The third-order valence-corrected chi connectivity index (χ3v) is 6.36. The predicted octanol–water partition coefficient (Wildman–Crippen LogP) is 0.722. The van der Waals surface area contributed by atoms with Gasteiger partial charge in [-0.25, -0.2) is 4.98 Å². The molecule has 0 bridgehead atoms. The number of rotatable bonds is 9. The first-order chi connectivity index (χ1) is 16.0. The molecule has 0 aliphatic carbocycles. The second-order valence-corrected chi connectivity index (χ2v) is 8.58. The molecule has 33 heavy (non-hydrogen) atoms. The molecule has 10 nitrogen and oxygen atoms in total. The normalized spacial score (nSPS) is 21.1. The Kier molecular flexibility index (Phi) is 7.24. The van der Waals surface area contributed by atoms with E-state index in [2.05, 4.69) is 20.3 Å². The van der Waals surface area contributed by atoms with Gasteiger partial charge < -0.3 is 19.7 Å². The molecule has 0 spiro atoms.